The number of nitriles is 1. The predicted molar refractivity (Wildman–Crippen MR) is 96.7 cm³/mol. The molecule has 2 aromatic rings. The van der Waals surface area contributed by atoms with Crippen molar-refractivity contribution in [3.05, 3.63) is 59.9 Å². The van der Waals surface area contributed by atoms with E-state index in [0.29, 0.717) is 6.04 Å². The third kappa shape index (κ3) is 4.12. The first-order chi connectivity index (χ1) is 11.8. The number of benzene rings is 1. The van der Waals surface area contributed by atoms with Gasteiger partial charge in [-0.2, -0.15) is 5.26 Å². The van der Waals surface area contributed by atoms with E-state index in [1.165, 1.54) is 18.5 Å². The summed E-state index contributed by atoms with van der Waals surface area (Å²) >= 11 is 0. The molecule has 0 unspecified atom stereocenters. The van der Waals surface area contributed by atoms with Crippen LogP contribution in [0, 0.1) is 11.3 Å². The van der Waals surface area contributed by atoms with Gasteiger partial charge in [0.05, 0.1) is 17.3 Å². The molecule has 1 saturated heterocycles. The summed E-state index contributed by atoms with van der Waals surface area (Å²) in [6.07, 6.45) is 5.43. The van der Waals surface area contributed by atoms with Crippen molar-refractivity contribution >= 4 is 5.69 Å². The molecule has 0 amide bonds. The van der Waals surface area contributed by atoms with E-state index in [0.717, 1.165) is 37.3 Å². The fourth-order valence-electron chi connectivity index (χ4n) is 3.40. The number of rotatable bonds is 4. The van der Waals surface area contributed by atoms with Gasteiger partial charge in [-0.25, -0.2) is 0 Å². The molecule has 4 nitrogen and oxygen atoms in total. The highest BCUT2D eigenvalue weighted by Crippen LogP contribution is 2.22. The fraction of sp³-hybridized carbons (Fsp3) is 0.400. The average molecular weight is 320 g/mol. The van der Waals surface area contributed by atoms with E-state index in [9.17, 15) is 0 Å². The molecule has 1 aliphatic heterocycles. The topological polar surface area (TPSA) is 43.2 Å². The Morgan fingerprint density at radius 3 is 2.71 bits per heavy atom. The third-order valence-corrected chi connectivity index (χ3v) is 4.82. The second kappa shape index (κ2) is 7.94. The van der Waals surface area contributed by atoms with Crippen LogP contribution >= 0.6 is 0 Å². The summed E-state index contributed by atoms with van der Waals surface area (Å²) in [6.45, 7) is 3.05. The molecule has 0 aliphatic carbocycles. The van der Waals surface area contributed by atoms with Gasteiger partial charge in [-0.15, -0.1) is 0 Å². The Balaban J connectivity index is 1.59. The van der Waals surface area contributed by atoms with Gasteiger partial charge in [0.25, 0.3) is 0 Å². The summed E-state index contributed by atoms with van der Waals surface area (Å²) in [7, 11) is 2.21. The van der Waals surface area contributed by atoms with Crippen LogP contribution in [0.3, 0.4) is 0 Å². The summed E-state index contributed by atoms with van der Waals surface area (Å²) in [5, 5.41) is 8.93. The lowest BCUT2D eigenvalue weighted by Crippen LogP contribution is -2.33. The molecular weight excluding hydrogens is 296 g/mol. The van der Waals surface area contributed by atoms with Gasteiger partial charge in [0.2, 0.25) is 0 Å². The van der Waals surface area contributed by atoms with Gasteiger partial charge in [-0.1, -0.05) is 6.07 Å². The lowest BCUT2D eigenvalue weighted by molar-refractivity contribution is 0.215. The minimum Gasteiger partial charge on any atom is -0.371 e. The van der Waals surface area contributed by atoms with E-state index in [2.05, 4.69) is 52.2 Å². The fourth-order valence-corrected chi connectivity index (χ4v) is 3.40. The van der Waals surface area contributed by atoms with E-state index in [1.807, 2.05) is 24.4 Å². The van der Waals surface area contributed by atoms with E-state index >= 15 is 0 Å². The van der Waals surface area contributed by atoms with Crippen LogP contribution in [0.25, 0.3) is 0 Å². The highest BCUT2D eigenvalue weighted by molar-refractivity contribution is 5.49. The molecular formula is C20H24N4. The Bertz CT molecular complexity index is 675. The van der Waals surface area contributed by atoms with Crippen molar-refractivity contribution in [3.63, 3.8) is 0 Å². The van der Waals surface area contributed by atoms with Gasteiger partial charge in [0.1, 0.15) is 0 Å². The highest BCUT2D eigenvalue weighted by Gasteiger charge is 2.21. The van der Waals surface area contributed by atoms with Crippen LogP contribution in [-0.2, 0) is 6.54 Å². The summed E-state index contributed by atoms with van der Waals surface area (Å²) < 4.78 is 0. The summed E-state index contributed by atoms with van der Waals surface area (Å²) in [5.41, 5.74) is 3.08. The smallest absolute Gasteiger partial charge is 0.0991 e. The van der Waals surface area contributed by atoms with Crippen molar-refractivity contribution in [2.24, 2.45) is 0 Å². The largest absolute Gasteiger partial charge is 0.371 e. The Hall–Kier alpha value is -2.38. The zero-order valence-corrected chi connectivity index (χ0v) is 14.2. The van der Waals surface area contributed by atoms with Crippen molar-refractivity contribution in [1.82, 2.24) is 9.88 Å². The molecule has 4 heteroatoms. The zero-order chi connectivity index (χ0) is 16.8. The second-order valence-electron chi connectivity index (χ2n) is 6.47. The number of hydrogen-bond donors (Lipinski definition) is 0. The normalized spacial score (nSPS) is 18.2. The van der Waals surface area contributed by atoms with Crippen molar-refractivity contribution in [1.29, 1.82) is 5.26 Å². The van der Waals surface area contributed by atoms with Crippen LogP contribution in [0.15, 0.2) is 48.7 Å². The molecule has 24 heavy (non-hydrogen) atoms. The van der Waals surface area contributed by atoms with Crippen LogP contribution < -0.4 is 4.90 Å². The van der Waals surface area contributed by atoms with Gasteiger partial charge in [0, 0.05) is 37.6 Å². The lowest BCUT2D eigenvalue weighted by atomic mass is 10.1. The average Bonchev–Trinajstić information content (AvgIpc) is 2.89. The molecule has 124 valence electrons. The Kier molecular flexibility index (Phi) is 5.45. The molecule has 0 spiro atoms. The maximum atomic E-state index is 8.93. The van der Waals surface area contributed by atoms with Crippen molar-refractivity contribution in [2.45, 2.75) is 31.8 Å². The van der Waals surface area contributed by atoms with Gasteiger partial charge in [-0.3, -0.25) is 9.88 Å². The highest BCUT2D eigenvalue weighted by atomic mass is 15.2. The molecule has 0 saturated carbocycles. The van der Waals surface area contributed by atoms with E-state index < -0.39 is 0 Å². The van der Waals surface area contributed by atoms with Gasteiger partial charge < -0.3 is 4.90 Å². The Labute approximate surface area is 144 Å². The van der Waals surface area contributed by atoms with Crippen molar-refractivity contribution < 1.29 is 0 Å². The Morgan fingerprint density at radius 2 is 2.00 bits per heavy atom. The molecule has 0 N–H and O–H groups in total. The van der Waals surface area contributed by atoms with Gasteiger partial charge in [-0.05, 0) is 62.7 Å². The molecule has 0 bridgehead atoms. The Morgan fingerprint density at radius 1 is 1.17 bits per heavy atom. The monoisotopic (exact) mass is 320 g/mol. The second-order valence-corrected chi connectivity index (χ2v) is 6.47. The minimum absolute atomic E-state index is 0.593. The molecule has 1 aliphatic rings. The standard InChI is InChI=1S/C20H24N4/c1-23(16-18-5-2-3-12-22-18)19-6-4-13-24(14-11-19)20-9-7-17(15-21)8-10-20/h2-3,5,7-10,12,19H,4,6,11,13-14,16H2,1H3/t19-/m1/s1. The summed E-state index contributed by atoms with van der Waals surface area (Å²) in [6, 6.07) is 16.8. The maximum absolute atomic E-state index is 8.93. The summed E-state index contributed by atoms with van der Waals surface area (Å²) in [4.78, 5) is 9.31. The molecule has 1 aromatic heterocycles. The molecule has 1 atom stereocenters. The number of anilines is 1. The van der Waals surface area contributed by atoms with E-state index in [1.54, 1.807) is 0 Å². The third-order valence-electron chi connectivity index (χ3n) is 4.82. The van der Waals surface area contributed by atoms with Gasteiger partial charge in [0.15, 0.2) is 0 Å². The maximum Gasteiger partial charge on any atom is 0.0991 e. The van der Waals surface area contributed by atoms with Crippen molar-refractivity contribution in [2.75, 3.05) is 25.0 Å². The van der Waals surface area contributed by atoms with E-state index in [4.69, 9.17) is 5.26 Å². The van der Waals surface area contributed by atoms with Crippen LogP contribution in [-0.4, -0.2) is 36.1 Å². The van der Waals surface area contributed by atoms with Crippen LogP contribution in [0.4, 0.5) is 5.69 Å². The first-order valence-electron chi connectivity index (χ1n) is 8.61. The number of nitrogens with zero attached hydrogens (tertiary/aromatic N) is 4. The van der Waals surface area contributed by atoms with Crippen LogP contribution in [0.1, 0.15) is 30.5 Å². The molecule has 1 fully saturated rings. The SMILES string of the molecule is CN(Cc1ccccn1)[C@@H]1CCCN(c2ccc(C#N)cc2)CC1. The molecule has 1 aromatic carbocycles. The van der Waals surface area contributed by atoms with Gasteiger partial charge >= 0.3 is 0 Å². The first-order valence-corrected chi connectivity index (χ1v) is 8.61. The minimum atomic E-state index is 0.593. The molecule has 3 rings (SSSR count). The first kappa shape index (κ1) is 16.5. The molecule has 2 heterocycles. The summed E-state index contributed by atoms with van der Waals surface area (Å²) in [5.74, 6) is 0. The molecule has 0 radical (unpaired) electrons. The lowest BCUT2D eigenvalue weighted by Gasteiger charge is -2.27. The number of pyridine rings is 1. The van der Waals surface area contributed by atoms with Crippen LogP contribution in [0.5, 0.6) is 0 Å². The number of aromatic nitrogens is 1. The quantitative estimate of drug-likeness (QED) is 0.865. The number of hydrogen-bond acceptors (Lipinski definition) is 4. The van der Waals surface area contributed by atoms with Crippen LogP contribution in [0.2, 0.25) is 0 Å². The zero-order valence-electron chi connectivity index (χ0n) is 14.2. The van der Waals surface area contributed by atoms with E-state index in [-0.39, 0.29) is 0 Å². The predicted octanol–water partition coefficient (Wildman–Crippen LogP) is 3.44. The van der Waals surface area contributed by atoms with Crippen molar-refractivity contribution in [3.8, 4) is 6.07 Å².